The lowest BCUT2D eigenvalue weighted by atomic mass is 10.1. The molecule has 76 valence electrons. The molecule has 1 rings (SSSR count). The smallest absolute Gasteiger partial charge is 0.180 e. The molecule has 0 aromatic heterocycles. The highest BCUT2D eigenvalue weighted by molar-refractivity contribution is 6.33. The van der Waals surface area contributed by atoms with Crippen LogP contribution in [0.4, 0.5) is 0 Å². The molecular weight excluding hydrogens is 200 g/mol. The van der Waals surface area contributed by atoms with Crippen LogP contribution in [0.25, 0.3) is 0 Å². The van der Waals surface area contributed by atoms with Crippen LogP contribution in [0.1, 0.15) is 29.3 Å². The van der Waals surface area contributed by atoms with Crippen LogP contribution >= 0.6 is 11.6 Å². The second-order valence-electron chi connectivity index (χ2n) is 3.10. The van der Waals surface area contributed by atoms with E-state index >= 15 is 0 Å². The highest BCUT2D eigenvalue weighted by Crippen LogP contribution is 2.12. The number of halogens is 1. The van der Waals surface area contributed by atoms with Crippen molar-refractivity contribution in [3.63, 3.8) is 0 Å². The van der Waals surface area contributed by atoms with E-state index in [0.29, 0.717) is 12.0 Å². The molecule has 1 unspecified atom stereocenters. The molecule has 14 heavy (non-hydrogen) atoms. The van der Waals surface area contributed by atoms with Crippen LogP contribution in [0, 0.1) is 0 Å². The minimum absolute atomic E-state index is 0.00739. The summed E-state index contributed by atoms with van der Waals surface area (Å²) in [5.74, 6) is -0.0568. The number of aliphatic hydroxyl groups excluding tert-OH is 1. The molecule has 1 aromatic carbocycles. The molecular formula is C11H13ClO2. The number of benzene rings is 1. The number of carbonyl (C=O) groups is 1. The van der Waals surface area contributed by atoms with Gasteiger partial charge in [0.2, 0.25) is 0 Å². The Labute approximate surface area is 88.5 Å². The summed E-state index contributed by atoms with van der Waals surface area (Å²) in [4.78, 5) is 11.6. The fraction of sp³-hybridized carbons (Fsp3) is 0.364. The molecule has 0 aliphatic rings. The molecule has 0 aliphatic heterocycles. The van der Waals surface area contributed by atoms with Crippen molar-refractivity contribution in [1.82, 2.24) is 0 Å². The minimum Gasteiger partial charge on any atom is -0.392 e. The lowest BCUT2D eigenvalue weighted by Crippen LogP contribution is -2.13. The molecule has 0 bridgehead atoms. The molecule has 1 atom stereocenters. The number of Topliss-reactive ketones (excluding diaryl/α,β-unsaturated/α-hetero) is 1. The van der Waals surface area contributed by atoms with Gasteiger partial charge in [-0.25, -0.2) is 0 Å². The fourth-order valence-electron chi connectivity index (χ4n) is 1.14. The van der Waals surface area contributed by atoms with Gasteiger partial charge in [-0.05, 0) is 12.0 Å². The highest BCUT2D eigenvalue weighted by atomic mass is 35.5. The molecule has 1 aromatic rings. The standard InChI is InChI=1S/C11H13ClO2/c1-2-10(12)11(14)9-5-3-8(7-13)4-6-9/h3-6,10,13H,2,7H2,1H3. The molecule has 0 saturated carbocycles. The fourth-order valence-corrected chi connectivity index (χ4v) is 1.27. The summed E-state index contributed by atoms with van der Waals surface area (Å²) in [6.45, 7) is 1.87. The first-order valence-electron chi connectivity index (χ1n) is 4.57. The van der Waals surface area contributed by atoms with E-state index in [4.69, 9.17) is 16.7 Å². The van der Waals surface area contributed by atoms with E-state index in [9.17, 15) is 4.79 Å². The van der Waals surface area contributed by atoms with E-state index in [1.54, 1.807) is 24.3 Å². The van der Waals surface area contributed by atoms with Crippen molar-refractivity contribution in [2.24, 2.45) is 0 Å². The van der Waals surface area contributed by atoms with Gasteiger partial charge in [-0.2, -0.15) is 0 Å². The highest BCUT2D eigenvalue weighted by Gasteiger charge is 2.14. The first-order valence-corrected chi connectivity index (χ1v) is 5.00. The van der Waals surface area contributed by atoms with Gasteiger partial charge in [0.25, 0.3) is 0 Å². The second kappa shape index (κ2) is 5.13. The maximum absolute atomic E-state index is 11.6. The largest absolute Gasteiger partial charge is 0.392 e. The van der Waals surface area contributed by atoms with E-state index < -0.39 is 5.38 Å². The zero-order valence-electron chi connectivity index (χ0n) is 8.03. The molecule has 0 heterocycles. The van der Waals surface area contributed by atoms with Crippen molar-refractivity contribution in [2.45, 2.75) is 25.3 Å². The summed E-state index contributed by atoms with van der Waals surface area (Å²) >= 11 is 5.82. The maximum atomic E-state index is 11.6. The predicted molar refractivity (Wildman–Crippen MR) is 56.6 cm³/mol. The molecule has 0 radical (unpaired) electrons. The SMILES string of the molecule is CCC(Cl)C(=O)c1ccc(CO)cc1. The van der Waals surface area contributed by atoms with Crippen molar-refractivity contribution in [1.29, 1.82) is 0 Å². The predicted octanol–water partition coefficient (Wildman–Crippen LogP) is 2.38. The number of ketones is 1. The Morgan fingerprint density at radius 3 is 2.43 bits per heavy atom. The van der Waals surface area contributed by atoms with Crippen molar-refractivity contribution in [3.05, 3.63) is 35.4 Å². The van der Waals surface area contributed by atoms with E-state index in [1.165, 1.54) is 0 Å². The Bertz CT molecular complexity index is 306. The summed E-state index contributed by atoms with van der Waals surface area (Å²) in [6, 6.07) is 6.84. The topological polar surface area (TPSA) is 37.3 Å². The van der Waals surface area contributed by atoms with Gasteiger partial charge in [0, 0.05) is 5.56 Å². The van der Waals surface area contributed by atoms with Gasteiger partial charge in [-0.3, -0.25) is 4.79 Å². The first-order chi connectivity index (χ1) is 6.69. The van der Waals surface area contributed by atoms with E-state index in [0.717, 1.165) is 5.56 Å². The number of hydrogen-bond donors (Lipinski definition) is 1. The summed E-state index contributed by atoms with van der Waals surface area (Å²) < 4.78 is 0. The summed E-state index contributed by atoms with van der Waals surface area (Å²) in [5.41, 5.74) is 1.40. The van der Waals surface area contributed by atoms with Crippen molar-refractivity contribution >= 4 is 17.4 Å². The lowest BCUT2D eigenvalue weighted by Gasteiger charge is -2.05. The third-order valence-corrected chi connectivity index (χ3v) is 2.57. The number of rotatable bonds is 4. The van der Waals surface area contributed by atoms with Gasteiger partial charge in [-0.1, -0.05) is 31.2 Å². The summed E-state index contributed by atoms with van der Waals surface area (Å²) in [7, 11) is 0. The molecule has 0 fully saturated rings. The average Bonchev–Trinajstić information content (AvgIpc) is 2.27. The van der Waals surface area contributed by atoms with Crippen molar-refractivity contribution < 1.29 is 9.90 Å². The number of hydrogen-bond acceptors (Lipinski definition) is 2. The van der Waals surface area contributed by atoms with Gasteiger partial charge < -0.3 is 5.11 Å². The van der Waals surface area contributed by atoms with Crippen molar-refractivity contribution in [2.75, 3.05) is 0 Å². The van der Waals surface area contributed by atoms with E-state index in [1.807, 2.05) is 6.92 Å². The maximum Gasteiger partial charge on any atom is 0.180 e. The average molecular weight is 213 g/mol. The molecule has 0 amide bonds. The number of alkyl halides is 1. The molecule has 0 saturated heterocycles. The van der Waals surface area contributed by atoms with Crippen LogP contribution in [0.15, 0.2) is 24.3 Å². The molecule has 0 spiro atoms. The van der Waals surface area contributed by atoms with Gasteiger partial charge in [-0.15, -0.1) is 11.6 Å². The van der Waals surface area contributed by atoms with Crippen LogP contribution in [-0.4, -0.2) is 16.3 Å². The van der Waals surface area contributed by atoms with Crippen LogP contribution in [0.3, 0.4) is 0 Å². The molecule has 2 nitrogen and oxygen atoms in total. The number of carbonyl (C=O) groups excluding carboxylic acids is 1. The lowest BCUT2D eigenvalue weighted by molar-refractivity contribution is 0.0985. The van der Waals surface area contributed by atoms with Crippen LogP contribution in [0.5, 0.6) is 0 Å². The monoisotopic (exact) mass is 212 g/mol. The molecule has 3 heteroatoms. The van der Waals surface area contributed by atoms with Gasteiger partial charge in [0.1, 0.15) is 0 Å². The van der Waals surface area contributed by atoms with Crippen LogP contribution < -0.4 is 0 Å². The summed E-state index contributed by atoms with van der Waals surface area (Å²) in [5, 5.41) is 8.36. The van der Waals surface area contributed by atoms with E-state index in [2.05, 4.69) is 0 Å². The van der Waals surface area contributed by atoms with Crippen LogP contribution in [-0.2, 0) is 6.61 Å². The Kier molecular flexibility index (Phi) is 4.11. The van der Waals surface area contributed by atoms with Crippen molar-refractivity contribution in [3.8, 4) is 0 Å². The van der Waals surface area contributed by atoms with E-state index in [-0.39, 0.29) is 12.4 Å². The van der Waals surface area contributed by atoms with Gasteiger partial charge >= 0.3 is 0 Å². The Morgan fingerprint density at radius 2 is 2.00 bits per heavy atom. The Morgan fingerprint density at radius 1 is 1.43 bits per heavy atom. The minimum atomic E-state index is -0.449. The first kappa shape index (κ1) is 11.2. The van der Waals surface area contributed by atoms with Crippen LogP contribution in [0.2, 0.25) is 0 Å². The van der Waals surface area contributed by atoms with Gasteiger partial charge in [0.05, 0.1) is 12.0 Å². The zero-order valence-corrected chi connectivity index (χ0v) is 8.79. The second-order valence-corrected chi connectivity index (χ2v) is 3.62. The molecule has 0 aliphatic carbocycles. The third-order valence-electron chi connectivity index (χ3n) is 2.06. The van der Waals surface area contributed by atoms with Gasteiger partial charge in [0.15, 0.2) is 5.78 Å². The third kappa shape index (κ3) is 2.56. The molecule has 1 N–H and O–H groups in total. The Hall–Kier alpha value is -0.860. The summed E-state index contributed by atoms with van der Waals surface area (Å²) in [6.07, 6.45) is 0.627. The normalized spacial score (nSPS) is 12.5. The Balaban J connectivity index is 2.81. The quantitative estimate of drug-likeness (QED) is 0.615. The zero-order chi connectivity index (χ0) is 10.6. The number of aliphatic hydroxyl groups is 1.